The van der Waals surface area contributed by atoms with E-state index in [9.17, 15) is 4.79 Å². The zero-order valence-electron chi connectivity index (χ0n) is 11.1. The summed E-state index contributed by atoms with van der Waals surface area (Å²) in [6, 6.07) is 5.44. The zero-order valence-corrected chi connectivity index (χ0v) is 13.5. The number of hydrogen-bond donors (Lipinski definition) is 2. The SMILES string of the molecule is Cl.O=C(CC1CCNC1)NCCc1ccc(Cl)cc1Cl. The van der Waals surface area contributed by atoms with Gasteiger partial charge in [0.25, 0.3) is 0 Å². The average molecular weight is 338 g/mol. The molecular weight excluding hydrogens is 319 g/mol. The van der Waals surface area contributed by atoms with Crippen LogP contribution in [0.5, 0.6) is 0 Å². The van der Waals surface area contributed by atoms with Gasteiger partial charge in [-0.25, -0.2) is 0 Å². The molecule has 1 aliphatic rings. The largest absolute Gasteiger partial charge is 0.356 e. The van der Waals surface area contributed by atoms with E-state index in [4.69, 9.17) is 23.2 Å². The van der Waals surface area contributed by atoms with Gasteiger partial charge in [0, 0.05) is 23.0 Å². The molecular formula is C14H19Cl3N2O. The third-order valence-electron chi connectivity index (χ3n) is 3.37. The van der Waals surface area contributed by atoms with Gasteiger partial charge in [0.2, 0.25) is 5.91 Å². The van der Waals surface area contributed by atoms with Gasteiger partial charge in [-0.2, -0.15) is 0 Å². The van der Waals surface area contributed by atoms with Gasteiger partial charge < -0.3 is 10.6 Å². The zero-order chi connectivity index (χ0) is 13.7. The Labute approximate surface area is 135 Å². The fraction of sp³-hybridized carbons (Fsp3) is 0.500. The molecule has 6 heteroatoms. The summed E-state index contributed by atoms with van der Waals surface area (Å²) in [6.45, 7) is 2.59. The van der Waals surface area contributed by atoms with Gasteiger partial charge in [0.05, 0.1) is 0 Å². The lowest BCUT2D eigenvalue weighted by molar-refractivity contribution is -0.121. The second kappa shape index (κ2) is 8.73. The Bertz CT molecular complexity index is 448. The van der Waals surface area contributed by atoms with Crippen molar-refractivity contribution < 1.29 is 4.79 Å². The van der Waals surface area contributed by atoms with Crippen LogP contribution < -0.4 is 10.6 Å². The molecule has 0 bridgehead atoms. The normalized spacial score (nSPS) is 17.6. The number of amides is 1. The molecule has 1 amide bonds. The third kappa shape index (κ3) is 5.49. The van der Waals surface area contributed by atoms with Gasteiger partial charge in [-0.3, -0.25) is 4.79 Å². The Balaban J connectivity index is 0.00000200. The minimum atomic E-state index is 0. The minimum absolute atomic E-state index is 0. The molecule has 1 atom stereocenters. The van der Waals surface area contributed by atoms with Crippen LogP contribution in [0.3, 0.4) is 0 Å². The third-order valence-corrected chi connectivity index (χ3v) is 3.96. The molecule has 0 aliphatic carbocycles. The highest BCUT2D eigenvalue weighted by atomic mass is 35.5. The summed E-state index contributed by atoms with van der Waals surface area (Å²) in [5.41, 5.74) is 1.01. The van der Waals surface area contributed by atoms with Gasteiger partial charge in [-0.05, 0) is 49.5 Å². The first kappa shape index (κ1) is 17.6. The molecule has 112 valence electrons. The summed E-state index contributed by atoms with van der Waals surface area (Å²) in [5.74, 6) is 0.609. The Hall–Kier alpha value is -0.480. The van der Waals surface area contributed by atoms with Crippen molar-refractivity contribution in [3.63, 3.8) is 0 Å². The molecule has 1 fully saturated rings. The minimum Gasteiger partial charge on any atom is -0.356 e. The lowest BCUT2D eigenvalue weighted by atomic mass is 10.0. The molecule has 2 rings (SSSR count). The highest BCUT2D eigenvalue weighted by Crippen LogP contribution is 2.21. The van der Waals surface area contributed by atoms with Crippen LogP contribution in [0.4, 0.5) is 0 Å². The molecule has 0 spiro atoms. The Kier molecular flexibility index (Phi) is 7.67. The molecule has 1 unspecified atom stereocenters. The molecule has 1 aromatic rings. The smallest absolute Gasteiger partial charge is 0.220 e. The lowest BCUT2D eigenvalue weighted by Gasteiger charge is -2.10. The second-order valence-electron chi connectivity index (χ2n) is 4.90. The molecule has 20 heavy (non-hydrogen) atoms. The van der Waals surface area contributed by atoms with Crippen LogP contribution >= 0.6 is 35.6 Å². The van der Waals surface area contributed by atoms with Crippen LogP contribution in [-0.2, 0) is 11.2 Å². The Morgan fingerprint density at radius 2 is 2.20 bits per heavy atom. The molecule has 0 saturated carbocycles. The number of halogens is 3. The van der Waals surface area contributed by atoms with E-state index in [2.05, 4.69) is 10.6 Å². The summed E-state index contributed by atoms with van der Waals surface area (Å²) in [4.78, 5) is 11.7. The number of carbonyl (C=O) groups is 1. The van der Waals surface area contributed by atoms with E-state index in [-0.39, 0.29) is 18.3 Å². The lowest BCUT2D eigenvalue weighted by Crippen LogP contribution is -2.28. The van der Waals surface area contributed by atoms with Gasteiger partial charge in [-0.15, -0.1) is 12.4 Å². The standard InChI is InChI=1S/C14H18Cl2N2O.ClH/c15-12-2-1-11(13(16)8-12)4-6-18-14(19)7-10-3-5-17-9-10;/h1-2,8,10,17H,3-7,9H2,(H,18,19);1H. The van der Waals surface area contributed by atoms with Gasteiger partial charge in [-0.1, -0.05) is 29.3 Å². The fourth-order valence-electron chi connectivity index (χ4n) is 2.28. The summed E-state index contributed by atoms with van der Waals surface area (Å²) in [6.07, 6.45) is 2.43. The van der Waals surface area contributed by atoms with E-state index < -0.39 is 0 Å². The molecule has 1 heterocycles. The van der Waals surface area contributed by atoms with Crippen molar-refractivity contribution >= 4 is 41.5 Å². The number of nitrogens with one attached hydrogen (secondary N) is 2. The van der Waals surface area contributed by atoms with Gasteiger partial charge in [0.15, 0.2) is 0 Å². The van der Waals surface area contributed by atoms with E-state index in [1.165, 1.54) is 0 Å². The summed E-state index contributed by atoms with van der Waals surface area (Å²) in [7, 11) is 0. The van der Waals surface area contributed by atoms with E-state index in [0.29, 0.717) is 28.9 Å². The monoisotopic (exact) mass is 336 g/mol. The van der Waals surface area contributed by atoms with E-state index >= 15 is 0 Å². The number of benzene rings is 1. The van der Waals surface area contributed by atoms with Crippen molar-refractivity contribution in [2.24, 2.45) is 5.92 Å². The average Bonchev–Trinajstić information content (AvgIpc) is 2.84. The molecule has 1 saturated heterocycles. The topological polar surface area (TPSA) is 41.1 Å². The van der Waals surface area contributed by atoms with Gasteiger partial charge >= 0.3 is 0 Å². The van der Waals surface area contributed by atoms with Crippen LogP contribution in [0, 0.1) is 5.92 Å². The summed E-state index contributed by atoms with van der Waals surface area (Å²) >= 11 is 11.9. The van der Waals surface area contributed by atoms with Crippen LogP contribution in [0.1, 0.15) is 18.4 Å². The fourth-order valence-corrected chi connectivity index (χ4v) is 2.79. The van der Waals surface area contributed by atoms with Crippen LogP contribution in [0.25, 0.3) is 0 Å². The quantitative estimate of drug-likeness (QED) is 0.867. The summed E-state index contributed by atoms with van der Waals surface area (Å²) in [5, 5.41) is 7.49. The van der Waals surface area contributed by atoms with Crippen molar-refractivity contribution in [2.45, 2.75) is 19.3 Å². The second-order valence-corrected chi connectivity index (χ2v) is 5.74. The van der Waals surface area contributed by atoms with Gasteiger partial charge in [0.1, 0.15) is 0 Å². The predicted molar refractivity (Wildman–Crippen MR) is 86.0 cm³/mol. The van der Waals surface area contributed by atoms with Crippen LogP contribution in [-0.4, -0.2) is 25.5 Å². The van der Waals surface area contributed by atoms with E-state index in [1.54, 1.807) is 6.07 Å². The van der Waals surface area contributed by atoms with Crippen LogP contribution in [0.15, 0.2) is 18.2 Å². The number of carbonyl (C=O) groups excluding carboxylic acids is 1. The van der Waals surface area contributed by atoms with Crippen molar-refractivity contribution in [1.29, 1.82) is 0 Å². The van der Waals surface area contributed by atoms with Crippen molar-refractivity contribution in [3.05, 3.63) is 33.8 Å². The maximum atomic E-state index is 11.7. The maximum Gasteiger partial charge on any atom is 0.220 e. The Morgan fingerprint density at radius 1 is 1.40 bits per heavy atom. The van der Waals surface area contributed by atoms with Crippen LogP contribution in [0.2, 0.25) is 10.0 Å². The van der Waals surface area contributed by atoms with E-state index in [0.717, 1.165) is 31.5 Å². The predicted octanol–water partition coefficient (Wildman–Crippen LogP) is 3.07. The molecule has 2 N–H and O–H groups in total. The van der Waals surface area contributed by atoms with Crippen molar-refractivity contribution in [3.8, 4) is 0 Å². The summed E-state index contributed by atoms with van der Waals surface area (Å²) < 4.78 is 0. The molecule has 0 radical (unpaired) electrons. The first-order valence-corrected chi connectivity index (χ1v) is 7.32. The molecule has 0 aromatic heterocycles. The highest BCUT2D eigenvalue weighted by Gasteiger charge is 2.17. The van der Waals surface area contributed by atoms with Crippen molar-refractivity contribution in [2.75, 3.05) is 19.6 Å². The maximum absolute atomic E-state index is 11.7. The molecule has 1 aromatic carbocycles. The van der Waals surface area contributed by atoms with E-state index in [1.807, 2.05) is 12.1 Å². The highest BCUT2D eigenvalue weighted by molar-refractivity contribution is 6.35. The number of hydrogen-bond acceptors (Lipinski definition) is 2. The molecule has 1 aliphatic heterocycles. The first-order chi connectivity index (χ1) is 9.15. The molecule has 3 nitrogen and oxygen atoms in total. The number of rotatable bonds is 5. The first-order valence-electron chi connectivity index (χ1n) is 6.56. The van der Waals surface area contributed by atoms with Crippen molar-refractivity contribution in [1.82, 2.24) is 10.6 Å². The Morgan fingerprint density at radius 3 is 2.85 bits per heavy atom.